The first-order chi connectivity index (χ1) is 7.86. The molecule has 0 aromatic carbocycles. The largest absolute Gasteiger partial charge is 0.433 e. The van der Waals surface area contributed by atoms with Crippen molar-refractivity contribution >= 4 is 0 Å². The van der Waals surface area contributed by atoms with Crippen molar-refractivity contribution in [3.8, 4) is 0 Å². The Balaban J connectivity index is 2.92. The van der Waals surface area contributed by atoms with E-state index in [1.54, 1.807) is 0 Å². The van der Waals surface area contributed by atoms with Crippen molar-refractivity contribution in [2.45, 2.75) is 38.9 Å². The van der Waals surface area contributed by atoms with Crippen molar-refractivity contribution in [1.29, 1.82) is 0 Å². The third-order valence-corrected chi connectivity index (χ3v) is 2.65. The smallest absolute Gasteiger partial charge is 0.314 e. The molecule has 0 amide bonds. The van der Waals surface area contributed by atoms with Gasteiger partial charge in [0.15, 0.2) is 0 Å². The number of hydrogen-bond acceptors (Lipinski definition) is 3. The summed E-state index contributed by atoms with van der Waals surface area (Å²) in [4.78, 5) is 7.48. The van der Waals surface area contributed by atoms with Crippen molar-refractivity contribution in [3.63, 3.8) is 0 Å². The third kappa shape index (κ3) is 3.66. The monoisotopic (exact) mass is 247 g/mol. The predicted molar refractivity (Wildman–Crippen MR) is 58.6 cm³/mol. The van der Waals surface area contributed by atoms with Gasteiger partial charge in [-0.15, -0.1) is 0 Å². The predicted octanol–water partition coefficient (Wildman–Crippen LogP) is 2.60. The van der Waals surface area contributed by atoms with Crippen LogP contribution < -0.4 is 5.32 Å². The van der Waals surface area contributed by atoms with Gasteiger partial charge in [0.25, 0.3) is 0 Å². The van der Waals surface area contributed by atoms with Gasteiger partial charge in [-0.25, -0.2) is 9.97 Å². The van der Waals surface area contributed by atoms with E-state index in [0.717, 1.165) is 18.8 Å². The molecule has 1 aromatic rings. The molecule has 0 radical (unpaired) electrons. The molecule has 2 atom stereocenters. The van der Waals surface area contributed by atoms with E-state index in [4.69, 9.17) is 0 Å². The minimum Gasteiger partial charge on any atom is -0.314 e. The summed E-state index contributed by atoms with van der Waals surface area (Å²) >= 11 is 0. The summed E-state index contributed by atoms with van der Waals surface area (Å²) in [6.07, 6.45) is -3.26. The summed E-state index contributed by atoms with van der Waals surface area (Å²) in [7, 11) is 0. The maximum absolute atomic E-state index is 12.5. The Morgan fingerprint density at radius 3 is 2.53 bits per heavy atom. The van der Waals surface area contributed by atoms with Gasteiger partial charge in [0, 0.05) is 18.2 Å². The van der Waals surface area contributed by atoms with Crippen LogP contribution in [0.4, 0.5) is 13.2 Å². The SMILES string of the molecule is CCNC(C)C(C)c1nccc(C(F)(F)F)n1. The minimum atomic E-state index is -4.42. The number of alkyl halides is 3. The van der Waals surface area contributed by atoms with E-state index in [2.05, 4.69) is 15.3 Å². The van der Waals surface area contributed by atoms with Gasteiger partial charge < -0.3 is 5.32 Å². The molecule has 1 heterocycles. The minimum absolute atomic E-state index is 0.0310. The van der Waals surface area contributed by atoms with E-state index in [1.807, 2.05) is 20.8 Å². The molecule has 96 valence electrons. The van der Waals surface area contributed by atoms with Crippen molar-refractivity contribution in [3.05, 3.63) is 23.8 Å². The van der Waals surface area contributed by atoms with E-state index in [1.165, 1.54) is 0 Å². The highest BCUT2D eigenvalue weighted by Crippen LogP contribution is 2.28. The average Bonchev–Trinajstić information content (AvgIpc) is 2.27. The van der Waals surface area contributed by atoms with E-state index < -0.39 is 11.9 Å². The van der Waals surface area contributed by atoms with Crippen LogP contribution in [0.5, 0.6) is 0 Å². The molecule has 0 saturated carbocycles. The van der Waals surface area contributed by atoms with Gasteiger partial charge in [-0.1, -0.05) is 13.8 Å². The third-order valence-electron chi connectivity index (χ3n) is 2.65. The molecule has 0 fully saturated rings. The summed E-state index contributed by atoms with van der Waals surface area (Å²) in [5.74, 6) is 0.0468. The Morgan fingerprint density at radius 2 is 2.00 bits per heavy atom. The van der Waals surface area contributed by atoms with Crippen LogP contribution in [0.2, 0.25) is 0 Å². The zero-order valence-corrected chi connectivity index (χ0v) is 10.0. The Labute approximate surface area is 98.5 Å². The first kappa shape index (κ1) is 13.9. The molecule has 2 unspecified atom stereocenters. The number of nitrogens with one attached hydrogen (secondary N) is 1. The average molecular weight is 247 g/mol. The maximum Gasteiger partial charge on any atom is 0.433 e. The molecule has 1 N–H and O–H groups in total. The molecule has 1 rings (SSSR count). The number of rotatable bonds is 4. The van der Waals surface area contributed by atoms with E-state index in [0.29, 0.717) is 0 Å². The van der Waals surface area contributed by atoms with Gasteiger partial charge in [-0.05, 0) is 19.5 Å². The van der Waals surface area contributed by atoms with Gasteiger partial charge >= 0.3 is 6.18 Å². The fraction of sp³-hybridized carbons (Fsp3) is 0.636. The summed E-state index contributed by atoms with van der Waals surface area (Å²) in [5, 5.41) is 3.14. The highest BCUT2D eigenvalue weighted by Gasteiger charge is 2.33. The number of likely N-dealkylation sites (N-methyl/N-ethyl adjacent to an activating group) is 1. The lowest BCUT2D eigenvalue weighted by atomic mass is 10.0. The molecular formula is C11H16F3N3. The molecule has 0 bridgehead atoms. The van der Waals surface area contributed by atoms with Crippen LogP contribution >= 0.6 is 0 Å². The number of halogens is 3. The number of aromatic nitrogens is 2. The molecule has 0 spiro atoms. The fourth-order valence-corrected chi connectivity index (χ4v) is 1.47. The standard InChI is InChI=1S/C11H16F3N3/c1-4-15-8(3)7(2)10-16-6-5-9(17-10)11(12,13)14/h5-8,15H,4H2,1-3H3. The second kappa shape index (κ2) is 5.44. The first-order valence-corrected chi connectivity index (χ1v) is 5.49. The number of nitrogens with zero attached hydrogens (tertiary/aromatic N) is 2. The molecule has 1 aromatic heterocycles. The van der Waals surface area contributed by atoms with Crippen LogP contribution in [0, 0.1) is 0 Å². The summed E-state index contributed by atoms with van der Waals surface area (Å²) in [6, 6.07) is 0.914. The van der Waals surface area contributed by atoms with Crippen molar-refractivity contribution in [1.82, 2.24) is 15.3 Å². The zero-order valence-electron chi connectivity index (χ0n) is 10.0. The van der Waals surface area contributed by atoms with Crippen LogP contribution in [0.3, 0.4) is 0 Å². The Hall–Kier alpha value is -1.17. The second-order valence-corrected chi connectivity index (χ2v) is 3.93. The maximum atomic E-state index is 12.5. The molecule has 3 nitrogen and oxygen atoms in total. The molecule has 0 aliphatic rings. The molecule has 17 heavy (non-hydrogen) atoms. The van der Waals surface area contributed by atoms with Crippen LogP contribution in [0.15, 0.2) is 12.3 Å². The Morgan fingerprint density at radius 1 is 1.35 bits per heavy atom. The summed E-state index contributed by atoms with van der Waals surface area (Å²) < 4.78 is 37.4. The highest BCUT2D eigenvalue weighted by molar-refractivity contribution is 5.09. The fourth-order valence-electron chi connectivity index (χ4n) is 1.47. The lowest BCUT2D eigenvalue weighted by Gasteiger charge is -2.19. The van der Waals surface area contributed by atoms with E-state index >= 15 is 0 Å². The van der Waals surface area contributed by atoms with Crippen LogP contribution in [-0.2, 0) is 6.18 Å². The highest BCUT2D eigenvalue weighted by atomic mass is 19.4. The molecule has 6 heteroatoms. The van der Waals surface area contributed by atoms with Gasteiger partial charge in [-0.2, -0.15) is 13.2 Å². The van der Waals surface area contributed by atoms with Crippen LogP contribution in [0.1, 0.15) is 38.2 Å². The van der Waals surface area contributed by atoms with Gasteiger partial charge in [0.05, 0.1) is 0 Å². The van der Waals surface area contributed by atoms with Crippen molar-refractivity contribution in [2.24, 2.45) is 0 Å². The lowest BCUT2D eigenvalue weighted by molar-refractivity contribution is -0.141. The van der Waals surface area contributed by atoms with Crippen molar-refractivity contribution in [2.75, 3.05) is 6.54 Å². The first-order valence-electron chi connectivity index (χ1n) is 5.49. The van der Waals surface area contributed by atoms with Gasteiger partial charge in [0.2, 0.25) is 0 Å². The molecular weight excluding hydrogens is 231 g/mol. The zero-order chi connectivity index (χ0) is 13.1. The Bertz CT molecular complexity index is 365. The second-order valence-electron chi connectivity index (χ2n) is 3.93. The Kier molecular flexibility index (Phi) is 4.45. The quantitative estimate of drug-likeness (QED) is 0.888. The van der Waals surface area contributed by atoms with Crippen molar-refractivity contribution < 1.29 is 13.2 Å². The van der Waals surface area contributed by atoms with Crippen LogP contribution in [-0.4, -0.2) is 22.6 Å². The summed E-state index contributed by atoms with van der Waals surface area (Å²) in [5.41, 5.74) is -0.891. The molecule has 0 aliphatic carbocycles. The number of hydrogen-bond donors (Lipinski definition) is 1. The molecule has 0 saturated heterocycles. The molecule has 0 aliphatic heterocycles. The van der Waals surface area contributed by atoms with Gasteiger partial charge in [0.1, 0.15) is 11.5 Å². The summed E-state index contributed by atoms with van der Waals surface area (Å²) in [6.45, 7) is 6.40. The van der Waals surface area contributed by atoms with E-state index in [-0.39, 0.29) is 17.8 Å². The van der Waals surface area contributed by atoms with Crippen LogP contribution in [0.25, 0.3) is 0 Å². The van der Waals surface area contributed by atoms with E-state index in [9.17, 15) is 13.2 Å². The topological polar surface area (TPSA) is 37.8 Å². The normalized spacial score (nSPS) is 15.6. The van der Waals surface area contributed by atoms with Gasteiger partial charge in [-0.3, -0.25) is 0 Å². The lowest BCUT2D eigenvalue weighted by Crippen LogP contribution is -2.31.